The molecule has 0 amide bonds. The van der Waals surface area contributed by atoms with Crippen LogP contribution in [-0.2, 0) is 6.54 Å². The van der Waals surface area contributed by atoms with E-state index in [1.54, 1.807) is 0 Å². The summed E-state index contributed by atoms with van der Waals surface area (Å²) in [6.07, 6.45) is 3.52. The molecule has 2 aromatic rings. The van der Waals surface area contributed by atoms with Crippen molar-refractivity contribution in [1.29, 1.82) is 0 Å². The zero-order valence-corrected chi connectivity index (χ0v) is 13.5. The van der Waals surface area contributed by atoms with Crippen LogP contribution in [0.3, 0.4) is 0 Å². The minimum absolute atomic E-state index is 0.197. The number of benzene rings is 2. The van der Waals surface area contributed by atoms with Gasteiger partial charge in [0, 0.05) is 12.5 Å². The summed E-state index contributed by atoms with van der Waals surface area (Å²) >= 11 is 0. The van der Waals surface area contributed by atoms with Gasteiger partial charge in [-0.25, -0.2) is 0 Å². The van der Waals surface area contributed by atoms with Gasteiger partial charge in [-0.1, -0.05) is 55.5 Å². The number of para-hydroxylation sites is 1. The summed E-state index contributed by atoms with van der Waals surface area (Å²) in [6, 6.07) is 20.9. The topological polar surface area (TPSA) is 12.5 Å². The van der Waals surface area contributed by atoms with Crippen molar-refractivity contribution in [1.82, 2.24) is 4.90 Å². The maximum atomic E-state index is 6.54. The average molecular weight is 295 g/mol. The second-order valence-electron chi connectivity index (χ2n) is 6.23. The standard InChI is InChI=1S/C20H25NO/c1-3-20(18-14-15-18,22-19-12-8-5-9-13-19)21(2)16-17-10-6-4-7-11-17/h4-13,18H,3,14-16H2,1-2H3. The van der Waals surface area contributed by atoms with Crippen LogP contribution in [0, 0.1) is 5.92 Å². The Morgan fingerprint density at radius 3 is 2.14 bits per heavy atom. The summed E-state index contributed by atoms with van der Waals surface area (Å²) in [6.45, 7) is 3.15. The summed E-state index contributed by atoms with van der Waals surface area (Å²) in [5, 5.41) is 0. The molecule has 1 aliphatic rings. The molecule has 0 radical (unpaired) electrons. The van der Waals surface area contributed by atoms with Gasteiger partial charge in [-0.2, -0.15) is 0 Å². The molecule has 1 atom stereocenters. The molecule has 1 unspecified atom stereocenters. The van der Waals surface area contributed by atoms with E-state index < -0.39 is 0 Å². The van der Waals surface area contributed by atoms with Crippen LogP contribution < -0.4 is 4.74 Å². The lowest BCUT2D eigenvalue weighted by Crippen LogP contribution is -2.52. The van der Waals surface area contributed by atoms with Crippen molar-refractivity contribution in [3.63, 3.8) is 0 Å². The molecular formula is C20H25NO. The van der Waals surface area contributed by atoms with E-state index in [4.69, 9.17) is 4.74 Å². The van der Waals surface area contributed by atoms with Gasteiger partial charge in [-0.3, -0.25) is 4.90 Å². The minimum Gasteiger partial charge on any atom is -0.472 e. The Bertz CT molecular complexity index is 579. The summed E-state index contributed by atoms with van der Waals surface area (Å²) in [4.78, 5) is 2.40. The largest absolute Gasteiger partial charge is 0.472 e. The summed E-state index contributed by atoms with van der Waals surface area (Å²) in [5.74, 6) is 1.60. The van der Waals surface area contributed by atoms with Crippen LogP contribution in [0.25, 0.3) is 0 Å². The first-order valence-electron chi connectivity index (χ1n) is 8.24. The Morgan fingerprint density at radius 2 is 1.59 bits per heavy atom. The predicted octanol–water partition coefficient (Wildman–Crippen LogP) is 4.71. The Balaban J connectivity index is 1.82. The lowest BCUT2D eigenvalue weighted by Gasteiger charge is -2.42. The van der Waals surface area contributed by atoms with E-state index in [0.717, 1.165) is 18.7 Å². The number of ether oxygens (including phenoxy) is 1. The number of hydrogen-bond acceptors (Lipinski definition) is 2. The molecule has 0 bridgehead atoms. The SMILES string of the molecule is CCC(Oc1ccccc1)(C1CC1)N(C)Cc1ccccc1. The highest BCUT2D eigenvalue weighted by Crippen LogP contribution is 2.46. The van der Waals surface area contributed by atoms with E-state index in [1.165, 1.54) is 18.4 Å². The third-order valence-corrected chi connectivity index (χ3v) is 4.67. The van der Waals surface area contributed by atoms with Crippen molar-refractivity contribution in [2.45, 2.75) is 38.5 Å². The molecule has 116 valence electrons. The quantitative estimate of drug-likeness (QED) is 0.686. The fraction of sp³-hybridized carbons (Fsp3) is 0.400. The first-order chi connectivity index (χ1) is 10.7. The zero-order valence-electron chi connectivity index (χ0n) is 13.5. The molecule has 1 aliphatic carbocycles. The van der Waals surface area contributed by atoms with E-state index in [9.17, 15) is 0 Å². The van der Waals surface area contributed by atoms with Crippen molar-refractivity contribution in [3.8, 4) is 5.75 Å². The maximum Gasteiger partial charge on any atom is 0.166 e. The monoisotopic (exact) mass is 295 g/mol. The minimum atomic E-state index is -0.197. The molecular weight excluding hydrogens is 270 g/mol. The Kier molecular flexibility index (Phi) is 4.49. The van der Waals surface area contributed by atoms with Gasteiger partial charge in [-0.15, -0.1) is 0 Å². The van der Waals surface area contributed by atoms with Crippen LogP contribution in [0.2, 0.25) is 0 Å². The highest BCUT2D eigenvalue weighted by molar-refractivity contribution is 5.23. The van der Waals surface area contributed by atoms with Crippen LogP contribution in [-0.4, -0.2) is 17.7 Å². The Hall–Kier alpha value is -1.80. The molecule has 2 aromatic carbocycles. The van der Waals surface area contributed by atoms with Crippen molar-refractivity contribution in [3.05, 3.63) is 66.2 Å². The van der Waals surface area contributed by atoms with Crippen LogP contribution >= 0.6 is 0 Å². The Morgan fingerprint density at radius 1 is 1.00 bits per heavy atom. The molecule has 0 saturated heterocycles. The molecule has 2 nitrogen and oxygen atoms in total. The Labute approximate surface area is 133 Å². The maximum absolute atomic E-state index is 6.54. The highest BCUT2D eigenvalue weighted by atomic mass is 16.5. The fourth-order valence-electron chi connectivity index (χ4n) is 3.32. The van der Waals surface area contributed by atoms with Gasteiger partial charge in [0.15, 0.2) is 5.72 Å². The van der Waals surface area contributed by atoms with Gasteiger partial charge < -0.3 is 4.74 Å². The molecule has 2 heteroatoms. The molecule has 0 aliphatic heterocycles. The fourth-order valence-corrected chi connectivity index (χ4v) is 3.32. The summed E-state index contributed by atoms with van der Waals surface area (Å²) < 4.78 is 6.54. The number of hydrogen-bond donors (Lipinski definition) is 0. The van der Waals surface area contributed by atoms with E-state index in [-0.39, 0.29) is 5.72 Å². The molecule has 22 heavy (non-hydrogen) atoms. The zero-order chi connectivity index (χ0) is 15.4. The van der Waals surface area contributed by atoms with Crippen molar-refractivity contribution in [2.24, 2.45) is 5.92 Å². The third kappa shape index (κ3) is 3.17. The number of rotatable bonds is 7. The van der Waals surface area contributed by atoms with Crippen LogP contribution in [0.15, 0.2) is 60.7 Å². The molecule has 3 rings (SSSR count). The van der Waals surface area contributed by atoms with Gasteiger partial charge in [0.25, 0.3) is 0 Å². The summed E-state index contributed by atoms with van der Waals surface area (Å²) in [7, 11) is 2.19. The van der Waals surface area contributed by atoms with Crippen molar-refractivity contribution in [2.75, 3.05) is 7.05 Å². The van der Waals surface area contributed by atoms with E-state index in [2.05, 4.69) is 61.3 Å². The molecule has 0 N–H and O–H groups in total. The second kappa shape index (κ2) is 6.53. The second-order valence-corrected chi connectivity index (χ2v) is 6.23. The van der Waals surface area contributed by atoms with Crippen molar-refractivity contribution < 1.29 is 4.74 Å². The lowest BCUT2D eigenvalue weighted by atomic mass is 10.0. The smallest absolute Gasteiger partial charge is 0.166 e. The average Bonchev–Trinajstić information content (AvgIpc) is 3.40. The molecule has 1 fully saturated rings. The molecule has 1 saturated carbocycles. The molecule has 0 aromatic heterocycles. The highest BCUT2D eigenvalue weighted by Gasteiger charge is 2.49. The molecule has 0 spiro atoms. The van der Waals surface area contributed by atoms with Gasteiger partial charge in [0.1, 0.15) is 5.75 Å². The van der Waals surface area contributed by atoms with E-state index in [1.807, 2.05) is 18.2 Å². The van der Waals surface area contributed by atoms with E-state index in [0.29, 0.717) is 5.92 Å². The van der Waals surface area contributed by atoms with Gasteiger partial charge in [0.2, 0.25) is 0 Å². The van der Waals surface area contributed by atoms with Crippen LogP contribution in [0.1, 0.15) is 31.7 Å². The molecule has 0 heterocycles. The van der Waals surface area contributed by atoms with Gasteiger partial charge >= 0.3 is 0 Å². The van der Waals surface area contributed by atoms with Gasteiger partial charge in [0.05, 0.1) is 0 Å². The normalized spacial score (nSPS) is 17.2. The third-order valence-electron chi connectivity index (χ3n) is 4.67. The first-order valence-corrected chi connectivity index (χ1v) is 8.24. The van der Waals surface area contributed by atoms with Gasteiger partial charge in [-0.05, 0) is 44.0 Å². The van der Waals surface area contributed by atoms with E-state index >= 15 is 0 Å². The van der Waals surface area contributed by atoms with Crippen LogP contribution in [0.5, 0.6) is 5.75 Å². The van der Waals surface area contributed by atoms with Crippen molar-refractivity contribution >= 4 is 0 Å². The lowest BCUT2D eigenvalue weighted by molar-refractivity contribution is -0.0976. The predicted molar refractivity (Wildman–Crippen MR) is 90.7 cm³/mol. The summed E-state index contributed by atoms with van der Waals surface area (Å²) in [5.41, 5.74) is 1.14. The van der Waals surface area contributed by atoms with Crippen LogP contribution in [0.4, 0.5) is 0 Å². The number of nitrogens with zero attached hydrogens (tertiary/aromatic N) is 1. The first kappa shape index (κ1) is 15.1.